The Morgan fingerprint density at radius 1 is 1.17 bits per heavy atom. The fourth-order valence-corrected chi connectivity index (χ4v) is 3.13. The molecule has 0 radical (unpaired) electrons. The first-order valence-electron chi connectivity index (χ1n) is 8.15. The Kier molecular flexibility index (Phi) is 3.43. The third-order valence-electron chi connectivity index (χ3n) is 4.80. The molecule has 0 spiro atoms. The van der Waals surface area contributed by atoms with E-state index >= 15 is 0 Å². The topological polar surface area (TPSA) is 85.3 Å². The van der Waals surface area contributed by atoms with Crippen molar-refractivity contribution in [2.45, 2.75) is 51.4 Å². The first-order valence-corrected chi connectivity index (χ1v) is 8.15. The molecule has 1 amide bonds. The van der Waals surface area contributed by atoms with Gasteiger partial charge in [0.25, 0.3) is 0 Å². The van der Waals surface area contributed by atoms with Crippen molar-refractivity contribution >= 4 is 5.91 Å². The van der Waals surface area contributed by atoms with Crippen LogP contribution in [0.1, 0.15) is 59.8 Å². The van der Waals surface area contributed by atoms with Crippen LogP contribution in [0.15, 0.2) is 9.05 Å². The maximum absolute atomic E-state index is 12.5. The average molecular weight is 316 g/mol. The van der Waals surface area contributed by atoms with Crippen molar-refractivity contribution in [2.75, 3.05) is 13.1 Å². The number of aromatic nitrogens is 3. The zero-order chi connectivity index (χ0) is 16.0. The molecule has 23 heavy (non-hydrogen) atoms. The minimum absolute atomic E-state index is 0.101. The van der Waals surface area contributed by atoms with Crippen molar-refractivity contribution in [3.63, 3.8) is 0 Å². The molecule has 4 rings (SSSR count). The van der Waals surface area contributed by atoms with Crippen molar-refractivity contribution in [2.24, 2.45) is 0 Å². The van der Waals surface area contributed by atoms with E-state index in [1.54, 1.807) is 0 Å². The summed E-state index contributed by atoms with van der Waals surface area (Å²) in [5, 5.41) is 7.97. The van der Waals surface area contributed by atoms with Crippen molar-refractivity contribution in [1.82, 2.24) is 20.2 Å². The third kappa shape index (κ3) is 2.75. The molecule has 1 aliphatic carbocycles. The summed E-state index contributed by atoms with van der Waals surface area (Å²) < 4.78 is 10.5. The van der Waals surface area contributed by atoms with Crippen LogP contribution in [0.5, 0.6) is 0 Å². The molecule has 1 saturated heterocycles. The molecule has 0 N–H and O–H groups in total. The van der Waals surface area contributed by atoms with E-state index in [2.05, 4.69) is 15.3 Å². The molecule has 0 bridgehead atoms. The van der Waals surface area contributed by atoms with Gasteiger partial charge in [0.2, 0.25) is 11.8 Å². The lowest BCUT2D eigenvalue weighted by molar-refractivity contribution is -0.129. The zero-order valence-electron chi connectivity index (χ0n) is 13.4. The Morgan fingerprint density at radius 2 is 2.00 bits per heavy atom. The lowest BCUT2D eigenvalue weighted by Crippen LogP contribution is -2.30. The van der Waals surface area contributed by atoms with Gasteiger partial charge in [0, 0.05) is 24.6 Å². The maximum atomic E-state index is 12.5. The van der Waals surface area contributed by atoms with Crippen LogP contribution < -0.4 is 0 Å². The number of nitrogens with zero attached hydrogens (tertiary/aromatic N) is 4. The first-order chi connectivity index (χ1) is 11.1. The van der Waals surface area contributed by atoms with Crippen LogP contribution in [0, 0.1) is 13.8 Å². The van der Waals surface area contributed by atoms with Crippen molar-refractivity contribution < 1.29 is 13.8 Å². The molecule has 1 unspecified atom stereocenters. The quantitative estimate of drug-likeness (QED) is 0.859. The van der Waals surface area contributed by atoms with Gasteiger partial charge in [-0.2, -0.15) is 4.98 Å². The van der Waals surface area contributed by atoms with Crippen LogP contribution in [0.3, 0.4) is 0 Å². The largest absolute Gasteiger partial charge is 0.361 e. The van der Waals surface area contributed by atoms with E-state index in [9.17, 15) is 4.79 Å². The molecule has 7 heteroatoms. The predicted octanol–water partition coefficient (Wildman–Crippen LogP) is 2.11. The van der Waals surface area contributed by atoms with Crippen LogP contribution in [0.4, 0.5) is 0 Å². The highest BCUT2D eigenvalue weighted by atomic mass is 16.5. The zero-order valence-corrected chi connectivity index (χ0v) is 13.4. The van der Waals surface area contributed by atoms with Gasteiger partial charge >= 0.3 is 0 Å². The van der Waals surface area contributed by atoms with Gasteiger partial charge in [-0.3, -0.25) is 4.79 Å². The van der Waals surface area contributed by atoms with E-state index in [1.165, 1.54) is 0 Å². The lowest BCUT2D eigenvalue weighted by Gasteiger charge is -2.15. The van der Waals surface area contributed by atoms with Crippen LogP contribution >= 0.6 is 0 Å². The second-order valence-electron chi connectivity index (χ2n) is 6.57. The smallest absolute Gasteiger partial charge is 0.231 e. The number of rotatable bonds is 4. The summed E-state index contributed by atoms with van der Waals surface area (Å²) in [5.74, 6) is 2.98. The second kappa shape index (κ2) is 5.47. The number of hydrogen-bond acceptors (Lipinski definition) is 6. The normalized spacial score (nSPS) is 21.1. The summed E-state index contributed by atoms with van der Waals surface area (Å²) in [7, 11) is 0. The van der Waals surface area contributed by atoms with E-state index in [-0.39, 0.29) is 11.8 Å². The van der Waals surface area contributed by atoms with Gasteiger partial charge < -0.3 is 13.9 Å². The molecule has 7 nitrogen and oxygen atoms in total. The molecule has 2 aliphatic rings. The van der Waals surface area contributed by atoms with E-state index < -0.39 is 0 Å². The van der Waals surface area contributed by atoms with E-state index in [0.717, 1.165) is 48.6 Å². The fraction of sp³-hybridized carbons (Fsp3) is 0.625. The number of likely N-dealkylation sites (tertiary alicyclic amines) is 1. The van der Waals surface area contributed by atoms with Crippen molar-refractivity contribution in [3.8, 4) is 0 Å². The highest BCUT2D eigenvalue weighted by Gasteiger charge is 2.34. The standard InChI is InChI=1S/C16H20N4O3/c1-9-13(10(2)22-18-9)7-14(21)20-6-5-12(8-20)16-17-15(19-23-16)11-3-4-11/h11-12H,3-8H2,1-2H3. The number of hydrogen-bond donors (Lipinski definition) is 0. The van der Waals surface area contributed by atoms with Crippen molar-refractivity contribution in [3.05, 3.63) is 28.7 Å². The summed E-state index contributed by atoms with van der Waals surface area (Å²) in [6.45, 7) is 5.08. The summed E-state index contributed by atoms with van der Waals surface area (Å²) in [5.41, 5.74) is 1.69. The minimum atomic E-state index is 0.101. The molecular weight excluding hydrogens is 296 g/mol. The van der Waals surface area contributed by atoms with Crippen LogP contribution in [0.25, 0.3) is 0 Å². The van der Waals surface area contributed by atoms with Crippen LogP contribution in [-0.2, 0) is 11.2 Å². The van der Waals surface area contributed by atoms with Gasteiger partial charge in [-0.1, -0.05) is 10.3 Å². The predicted molar refractivity (Wildman–Crippen MR) is 79.9 cm³/mol. The Bertz CT molecular complexity index is 712. The minimum Gasteiger partial charge on any atom is -0.361 e. The average Bonchev–Trinajstić information content (AvgIpc) is 2.97. The Labute approximate surface area is 134 Å². The molecule has 2 fully saturated rings. The Balaban J connectivity index is 1.40. The van der Waals surface area contributed by atoms with Gasteiger partial charge in [0.15, 0.2) is 5.82 Å². The van der Waals surface area contributed by atoms with Gasteiger partial charge in [0.1, 0.15) is 5.76 Å². The Hall–Kier alpha value is -2.18. The van der Waals surface area contributed by atoms with E-state index in [1.807, 2.05) is 18.7 Å². The summed E-state index contributed by atoms with van der Waals surface area (Å²) in [6.07, 6.45) is 3.53. The second-order valence-corrected chi connectivity index (χ2v) is 6.57. The van der Waals surface area contributed by atoms with Gasteiger partial charge in [-0.05, 0) is 33.1 Å². The summed E-state index contributed by atoms with van der Waals surface area (Å²) in [6, 6.07) is 0. The fourth-order valence-electron chi connectivity index (χ4n) is 3.13. The Morgan fingerprint density at radius 3 is 2.70 bits per heavy atom. The highest BCUT2D eigenvalue weighted by molar-refractivity contribution is 5.79. The lowest BCUT2D eigenvalue weighted by atomic mass is 10.1. The summed E-state index contributed by atoms with van der Waals surface area (Å²) >= 11 is 0. The molecule has 0 aromatic carbocycles. The summed E-state index contributed by atoms with van der Waals surface area (Å²) in [4.78, 5) is 18.9. The van der Waals surface area contributed by atoms with Gasteiger partial charge in [0.05, 0.1) is 18.0 Å². The van der Waals surface area contributed by atoms with E-state index in [0.29, 0.717) is 24.8 Å². The molecule has 1 saturated carbocycles. The number of amides is 1. The van der Waals surface area contributed by atoms with Crippen LogP contribution in [-0.4, -0.2) is 39.2 Å². The van der Waals surface area contributed by atoms with Crippen molar-refractivity contribution in [1.29, 1.82) is 0 Å². The SMILES string of the molecule is Cc1noc(C)c1CC(=O)N1CCC(c2nc(C3CC3)no2)C1. The van der Waals surface area contributed by atoms with E-state index in [4.69, 9.17) is 9.05 Å². The van der Waals surface area contributed by atoms with Crippen LogP contribution in [0.2, 0.25) is 0 Å². The molecule has 1 atom stereocenters. The van der Waals surface area contributed by atoms with Gasteiger partial charge in [-0.15, -0.1) is 0 Å². The number of aryl methyl sites for hydroxylation is 2. The molecule has 122 valence electrons. The number of carbonyl (C=O) groups is 1. The third-order valence-corrected chi connectivity index (χ3v) is 4.80. The monoisotopic (exact) mass is 316 g/mol. The molecular formula is C16H20N4O3. The highest BCUT2D eigenvalue weighted by Crippen LogP contribution is 2.39. The first kappa shape index (κ1) is 14.4. The molecule has 1 aliphatic heterocycles. The maximum Gasteiger partial charge on any atom is 0.231 e. The number of carbonyl (C=O) groups excluding carboxylic acids is 1. The molecule has 2 aromatic heterocycles. The molecule has 3 heterocycles. The van der Waals surface area contributed by atoms with Gasteiger partial charge in [-0.25, -0.2) is 0 Å². The molecule has 2 aromatic rings.